The molecule has 3 aromatic rings. The summed E-state index contributed by atoms with van der Waals surface area (Å²) in [6.45, 7) is 12.4. The van der Waals surface area contributed by atoms with Gasteiger partial charge >= 0.3 is 59.7 Å². The first-order valence-corrected chi connectivity index (χ1v) is 25.5. The molecule has 0 spiro atoms. The Bertz CT molecular complexity index is 3000. The molecule has 0 radical (unpaired) electrons. The second-order valence-electron chi connectivity index (χ2n) is 18.9. The molecule has 0 saturated carbocycles. The Morgan fingerprint density at radius 3 is 1.40 bits per heavy atom. The lowest BCUT2D eigenvalue weighted by Gasteiger charge is -2.48. The van der Waals surface area contributed by atoms with Gasteiger partial charge in [0.2, 0.25) is 23.6 Å². The minimum Gasteiger partial charge on any atom is -0.496 e. The molecule has 1 aromatic heterocycles. The van der Waals surface area contributed by atoms with Crippen molar-refractivity contribution in [1.29, 1.82) is 0 Å². The number of ether oxygens (including phenoxy) is 17. The minimum atomic E-state index is -2.08. The van der Waals surface area contributed by atoms with Crippen LogP contribution in [0.2, 0.25) is 0 Å². The van der Waals surface area contributed by atoms with Crippen molar-refractivity contribution in [3.8, 4) is 34.3 Å². The van der Waals surface area contributed by atoms with E-state index in [0.717, 1.165) is 62.3 Å². The maximum atomic E-state index is 15.0. The van der Waals surface area contributed by atoms with Gasteiger partial charge in [-0.25, -0.2) is 0 Å². The summed E-state index contributed by atoms with van der Waals surface area (Å²) in [6, 6.07) is 8.01. The Balaban J connectivity index is 1.45. The van der Waals surface area contributed by atoms with Crippen molar-refractivity contribution >= 4 is 70.7 Å². The van der Waals surface area contributed by atoms with Crippen LogP contribution < -0.4 is 24.4 Å². The summed E-state index contributed by atoms with van der Waals surface area (Å²) in [4.78, 5) is 141. The van der Waals surface area contributed by atoms with Gasteiger partial charge in [-0.2, -0.15) is 0 Å². The standard InChI is InChI=1S/C54H62O29/c1-21-41(72-25(5)57)46(74-27(7)59)50(78-31(11)63)53(69-21)82-42-22(2)68-52(49(77-30(10)62)47(42)75-28(8)60)67-20-38-44(73-26(6)58)48(76-29(9)61)51(79-32(12)64)54(81-38)83-45-40(65)39-36(71-24(4)56)18-35(66-13)19-37(39)80-43(45)33-14-16-34(17-15-33)70-23(3)55/h14-19,21-22,38,41-42,44,46-54H,20H2,1-13H3/t21-,22-,38+,41-,42-,44-,46+,47+,48-,49+,50+,51+,52+,53-,54-/m0/s1. The largest absolute Gasteiger partial charge is 0.496 e. The minimum absolute atomic E-state index is 0.0798. The van der Waals surface area contributed by atoms with Crippen LogP contribution in [0.3, 0.4) is 0 Å². The van der Waals surface area contributed by atoms with Crippen molar-refractivity contribution in [3.63, 3.8) is 0 Å². The zero-order valence-corrected chi connectivity index (χ0v) is 47.2. The zero-order chi connectivity index (χ0) is 61.3. The van der Waals surface area contributed by atoms with Crippen LogP contribution in [-0.2, 0) is 110 Å². The van der Waals surface area contributed by atoms with E-state index in [1.54, 1.807) is 0 Å². The smallest absolute Gasteiger partial charge is 0.308 e. The first kappa shape index (κ1) is 63.9. The second kappa shape index (κ2) is 27.7. The summed E-state index contributed by atoms with van der Waals surface area (Å²) in [5.74, 6) is -10.4. The molecule has 4 heterocycles. The van der Waals surface area contributed by atoms with E-state index in [2.05, 4.69) is 0 Å². The van der Waals surface area contributed by atoms with E-state index in [0.29, 0.717) is 0 Å². The van der Waals surface area contributed by atoms with Crippen molar-refractivity contribution in [2.24, 2.45) is 0 Å². The maximum absolute atomic E-state index is 15.0. The van der Waals surface area contributed by atoms with Gasteiger partial charge in [-0.1, -0.05) is 0 Å². The first-order valence-electron chi connectivity index (χ1n) is 25.5. The molecule has 0 unspecified atom stereocenters. The predicted octanol–water partition coefficient (Wildman–Crippen LogP) is 2.77. The van der Waals surface area contributed by atoms with Gasteiger partial charge in [-0.15, -0.1) is 0 Å². The molecular formula is C54H62O29. The Morgan fingerprint density at radius 1 is 0.458 bits per heavy atom. The summed E-state index contributed by atoms with van der Waals surface area (Å²) in [6.07, 6.45) is -24.9. The quantitative estimate of drug-likeness (QED) is 0.0946. The number of esters is 10. The Labute approximate surface area is 472 Å². The number of benzene rings is 2. The molecule has 3 aliphatic heterocycles. The van der Waals surface area contributed by atoms with Gasteiger partial charge in [0.15, 0.2) is 61.1 Å². The van der Waals surface area contributed by atoms with Crippen LogP contribution >= 0.6 is 0 Å². The van der Waals surface area contributed by atoms with E-state index in [1.807, 2.05) is 0 Å². The highest BCUT2D eigenvalue weighted by molar-refractivity contribution is 5.90. The van der Waals surface area contributed by atoms with Gasteiger partial charge in [0.25, 0.3) is 0 Å². The molecule has 15 atom stereocenters. The van der Waals surface area contributed by atoms with Crippen LogP contribution in [-0.4, -0.2) is 166 Å². The topological polar surface area (TPSA) is 358 Å². The molecule has 3 saturated heterocycles. The summed E-state index contributed by atoms with van der Waals surface area (Å²) in [5, 5.41) is -0.378. The number of methoxy groups -OCH3 is 1. The first-order chi connectivity index (χ1) is 39.0. The lowest BCUT2D eigenvalue weighted by Crippen LogP contribution is -2.66. The van der Waals surface area contributed by atoms with Crippen LogP contribution in [0.4, 0.5) is 0 Å². The normalized spacial score (nSPS) is 27.5. The molecule has 3 aliphatic rings. The molecule has 0 N–H and O–H groups in total. The number of carbonyl (C=O) groups excluding carboxylic acids is 10. The summed E-state index contributed by atoms with van der Waals surface area (Å²) in [7, 11) is 1.30. The summed E-state index contributed by atoms with van der Waals surface area (Å²) >= 11 is 0. The highest BCUT2D eigenvalue weighted by Crippen LogP contribution is 2.41. The fourth-order valence-electron chi connectivity index (χ4n) is 9.30. The Hall–Kier alpha value is -8.25. The van der Waals surface area contributed by atoms with Gasteiger partial charge in [-0.05, 0) is 38.1 Å². The lowest BCUT2D eigenvalue weighted by atomic mass is 9.96. The highest BCUT2D eigenvalue weighted by atomic mass is 16.8. The monoisotopic (exact) mass is 1170 g/mol. The third-order valence-electron chi connectivity index (χ3n) is 12.2. The second-order valence-corrected chi connectivity index (χ2v) is 18.9. The Morgan fingerprint density at radius 2 is 0.892 bits per heavy atom. The number of hydrogen-bond acceptors (Lipinski definition) is 29. The average Bonchev–Trinajstić information content (AvgIpc) is 2.41. The van der Waals surface area contributed by atoms with E-state index in [1.165, 1.54) is 64.3 Å². The molecule has 29 nitrogen and oxygen atoms in total. The molecule has 0 amide bonds. The molecule has 83 heavy (non-hydrogen) atoms. The third kappa shape index (κ3) is 16.3. The van der Waals surface area contributed by atoms with E-state index >= 15 is 4.79 Å². The van der Waals surface area contributed by atoms with Crippen LogP contribution in [0, 0.1) is 0 Å². The molecule has 0 aliphatic carbocycles. The number of fused-ring (bicyclic) bond motifs is 1. The lowest BCUT2D eigenvalue weighted by molar-refractivity contribution is -0.358. The summed E-state index contributed by atoms with van der Waals surface area (Å²) in [5.41, 5.74) is -1.15. The number of hydrogen-bond donors (Lipinski definition) is 0. The van der Waals surface area contributed by atoms with Crippen molar-refractivity contribution in [3.05, 3.63) is 46.6 Å². The van der Waals surface area contributed by atoms with Crippen molar-refractivity contribution < 1.29 is 133 Å². The van der Waals surface area contributed by atoms with E-state index in [4.69, 9.17) is 84.9 Å². The fourth-order valence-corrected chi connectivity index (χ4v) is 9.30. The number of rotatable bonds is 19. The fraction of sp³-hybridized carbons (Fsp3) is 0.537. The number of carbonyl (C=O) groups is 10. The van der Waals surface area contributed by atoms with Crippen LogP contribution in [0.25, 0.3) is 22.3 Å². The molecule has 2 aromatic carbocycles. The predicted molar refractivity (Wildman–Crippen MR) is 270 cm³/mol. The van der Waals surface area contributed by atoms with Gasteiger partial charge in [0, 0.05) is 86.9 Å². The SMILES string of the molecule is COc1cc(OC(C)=O)c2c(=O)c(O[C@@H]3O[C@H](CO[C@@H]4O[C@@H](C)[C@H](O[C@@H]5O[C@@H](C)[C@H](OC(C)=O)[C@@H](OC(C)=O)[C@H]5OC(C)=O)[C@@H](OC(C)=O)[C@H]4OC(C)=O)[C@H](OC(C)=O)[C@H](OC(C)=O)[C@H]3OC(C)=O)c(-c3ccc(OC(C)=O)cc3)oc2c1. The van der Waals surface area contributed by atoms with Crippen molar-refractivity contribution in [2.75, 3.05) is 13.7 Å². The van der Waals surface area contributed by atoms with Gasteiger partial charge in [0.05, 0.1) is 25.9 Å². The van der Waals surface area contributed by atoms with Crippen LogP contribution in [0.15, 0.2) is 45.6 Å². The third-order valence-corrected chi connectivity index (χ3v) is 12.2. The van der Waals surface area contributed by atoms with Gasteiger partial charge < -0.3 is 84.9 Å². The molecular weight excluding hydrogens is 1110 g/mol. The Kier molecular flexibility index (Phi) is 21.3. The molecule has 29 heteroatoms. The zero-order valence-electron chi connectivity index (χ0n) is 47.2. The van der Waals surface area contributed by atoms with Gasteiger partial charge in [-0.3, -0.25) is 52.7 Å². The molecule has 452 valence electrons. The van der Waals surface area contributed by atoms with E-state index in [9.17, 15) is 47.9 Å². The molecule has 6 rings (SSSR count). The average molecular weight is 1180 g/mol. The molecule has 3 fully saturated rings. The molecule has 0 bridgehead atoms. The maximum Gasteiger partial charge on any atom is 0.308 e. The highest BCUT2D eigenvalue weighted by Gasteiger charge is 2.58. The van der Waals surface area contributed by atoms with Crippen LogP contribution in [0.5, 0.6) is 23.0 Å². The van der Waals surface area contributed by atoms with Crippen molar-refractivity contribution in [1.82, 2.24) is 0 Å². The summed E-state index contributed by atoms with van der Waals surface area (Å²) < 4.78 is 105. The van der Waals surface area contributed by atoms with Crippen molar-refractivity contribution in [2.45, 2.75) is 175 Å². The van der Waals surface area contributed by atoms with Gasteiger partial charge in [0.1, 0.15) is 40.4 Å². The van der Waals surface area contributed by atoms with E-state index < -0.39 is 170 Å². The van der Waals surface area contributed by atoms with E-state index in [-0.39, 0.29) is 39.5 Å². The van der Waals surface area contributed by atoms with Crippen LogP contribution in [0.1, 0.15) is 83.1 Å².